The van der Waals surface area contributed by atoms with Gasteiger partial charge in [-0.2, -0.15) is 5.10 Å². The molecule has 1 aromatic heterocycles. The van der Waals surface area contributed by atoms with Crippen LogP contribution in [-0.4, -0.2) is 24.0 Å². The molecular weight excluding hydrogens is 180 g/mol. The third-order valence-electron chi connectivity index (χ3n) is 2.25. The van der Waals surface area contributed by atoms with E-state index in [1.807, 2.05) is 19.2 Å². The number of aromatic nitrogens is 2. The zero-order chi connectivity index (χ0) is 10.1. The third kappa shape index (κ3) is 1.19. The average molecular weight is 192 g/mol. The molecule has 0 radical (unpaired) electrons. The van der Waals surface area contributed by atoms with Crippen LogP contribution in [0.25, 0.3) is 10.9 Å². The van der Waals surface area contributed by atoms with E-state index in [0.717, 1.165) is 22.4 Å². The molecule has 1 aromatic carbocycles. The van der Waals surface area contributed by atoms with Crippen molar-refractivity contribution >= 4 is 10.9 Å². The molecule has 14 heavy (non-hydrogen) atoms. The predicted octanol–water partition coefficient (Wildman–Crippen LogP) is 1.59. The molecule has 0 unspecified atom stereocenters. The normalized spacial score (nSPS) is 10.5. The maximum Gasteiger partial charge on any atom is 0.162 e. The van der Waals surface area contributed by atoms with Gasteiger partial charge in [-0.15, -0.1) is 0 Å². The second-order valence-electron chi connectivity index (χ2n) is 3.03. The Morgan fingerprint density at radius 3 is 2.43 bits per heavy atom. The quantitative estimate of drug-likeness (QED) is 0.725. The van der Waals surface area contributed by atoms with Crippen molar-refractivity contribution in [1.29, 1.82) is 0 Å². The predicted molar refractivity (Wildman–Crippen MR) is 53.8 cm³/mol. The molecule has 0 spiro atoms. The van der Waals surface area contributed by atoms with Crippen molar-refractivity contribution in [2.24, 2.45) is 7.05 Å². The van der Waals surface area contributed by atoms with Gasteiger partial charge in [-0.1, -0.05) is 0 Å². The zero-order valence-electron chi connectivity index (χ0n) is 8.44. The standard InChI is InChI=1S/C10H12N2O2/c1-12-8-5-10(14-3)9(13-2)4-7(8)6-11-12/h4-6H,1-3H3. The summed E-state index contributed by atoms with van der Waals surface area (Å²) in [6.07, 6.45) is 1.80. The van der Waals surface area contributed by atoms with Gasteiger partial charge in [-0.25, -0.2) is 0 Å². The Bertz CT molecular complexity index is 462. The molecule has 2 aromatic rings. The zero-order valence-corrected chi connectivity index (χ0v) is 8.44. The first-order valence-electron chi connectivity index (χ1n) is 4.30. The van der Waals surface area contributed by atoms with E-state index in [4.69, 9.17) is 9.47 Å². The van der Waals surface area contributed by atoms with E-state index in [9.17, 15) is 0 Å². The van der Waals surface area contributed by atoms with Gasteiger partial charge in [0.25, 0.3) is 0 Å². The maximum atomic E-state index is 5.20. The van der Waals surface area contributed by atoms with Crippen molar-refractivity contribution in [1.82, 2.24) is 9.78 Å². The van der Waals surface area contributed by atoms with Gasteiger partial charge in [-0.3, -0.25) is 4.68 Å². The number of rotatable bonds is 2. The van der Waals surface area contributed by atoms with Crippen molar-refractivity contribution in [3.05, 3.63) is 18.3 Å². The van der Waals surface area contributed by atoms with E-state index in [1.54, 1.807) is 25.1 Å². The summed E-state index contributed by atoms with van der Waals surface area (Å²) < 4.78 is 12.2. The highest BCUT2D eigenvalue weighted by molar-refractivity contribution is 5.82. The Balaban J connectivity index is 2.71. The second-order valence-corrected chi connectivity index (χ2v) is 3.03. The van der Waals surface area contributed by atoms with Crippen LogP contribution >= 0.6 is 0 Å². The lowest BCUT2D eigenvalue weighted by Crippen LogP contribution is -1.92. The number of methoxy groups -OCH3 is 2. The van der Waals surface area contributed by atoms with Gasteiger partial charge in [0.1, 0.15) is 0 Å². The van der Waals surface area contributed by atoms with Crippen LogP contribution in [0.2, 0.25) is 0 Å². The van der Waals surface area contributed by atoms with Gasteiger partial charge < -0.3 is 9.47 Å². The van der Waals surface area contributed by atoms with Crippen molar-refractivity contribution in [3.63, 3.8) is 0 Å². The van der Waals surface area contributed by atoms with Crippen LogP contribution in [0.4, 0.5) is 0 Å². The van der Waals surface area contributed by atoms with E-state index in [0.29, 0.717) is 0 Å². The number of nitrogens with zero attached hydrogens (tertiary/aromatic N) is 2. The summed E-state index contributed by atoms with van der Waals surface area (Å²) in [7, 11) is 5.15. The SMILES string of the molecule is COc1cc2cnn(C)c2cc1OC. The minimum atomic E-state index is 0.726. The van der Waals surface area contributed by atoms with Gasteiger partial charge in [0.15, 0.2) is 11.5 Å². The summed E-state index contributed by atoms with van der Waals surface area (Å²) in [5.74, 6) is 1.46. The topological polar surface area (TPSA) is 36.3 Å². The lowest BCUT2D eigenvalue weighted by Gasteiger charge is -2.07. The highest BCUT2D eigenvalue weighted by Crippen LogP contribution is 2.31. The van der Waals surface area contributed by atoms with Crippen molar-refractivity contribution in [2.45, 2.75) is 0 Å². The number of aryl methyl sites for hydroxylation is 1. The smallest absolute Gasteiger partial charge is 0.162 e. The Morgan fingerprint density at radius 2 is 1.79 bits per heavy atom. The highest BCUT2D eigenvalue weighted by atomic mass is 16.5. The van der Waals surface area contributed by atoms with Crippen molar-refractivity contribution < 1.29 is 9.47 Å². The molecule has 0 amide bonds. The van der Waals surface area contributed by atoms with Crippen LogP contribution in [-0.2, 0) is 7.05 Å². The van der Waals surface area contributed by atoms with Crippen molar-refractivity contribution in [2.75, 3.05) is 14.2 Å². The monoisotopic (exact) mass is 192 g/mol. The molecule has 4 heteroatoms. The Hall–Kier alpha value is -1.71. The van der Waals surface area contributed by atoms with Gasteiger partial charge in [0, 0.05) is 18.5 Å². The molecule has 0 aliphatic carbocycles. The Kier molecular flexibility index (Phi) is 2.04. The largest absolute Gasteiger partial charge is 0.493 e. The molecular formula is C10H12N2O2. The summed E-state index contributed by atoms with van der Waals surface area (Å²) in [5.41, 5.74) is 1.03. The molecule has 0 saturated heterocycles. The van der Waals surface area contributed by atoms with E-state index < -0.39 is 0 Å². The van der Waals surface area contributed by atoms with Crippen LogP contribution in [0.3, 0.4) is 0 Å². The van der Waals surface area contributed by atoms with Gasteiger partial charge in [0.2, 0.25) is 0 Å². The second kappa shape index (κ2) is 3.21. The molecule has 2 rings (SSSR count). The van der Waals surface area contributed by atoms with E-state index in [-0.39, 0.29) is 0 Å². The van der Waals surface area contributed by atoms with Crippen LogP contribution in [0.5, 0.6) is 11.5 Å². The maximum absolute atomic E-state index is 5.20. The first kappa shape index (κ1) is 8.87. The molecule has 0 aliphatic rings. The van der Waals surface area contributed by atoms with Crippen LogP contribution in [0, 0.1) is 0 Å². The fourth-order valence-electron chi connectivity index (χ4n) is 1.48. The minimum Gasteiger partial charge on any atom is -0.493 e. The number of fused-ring (bicyclic) bond motifs is 1. The summed E-state index contributed by atoms with van der Waals surface area (Å²) in [6.45, 7) is 0. The highest BCUT2D eigenvalue weighted by Gasteiger charge is 2.07. The Labute approximate surface area is 82.0 Å². The summed E-state index contributed by atoms with van der Waals surface area (Å²) in [5, 5.41) is 5.20. The summed E-state index contributed by atoms with van der Waals surface area (Å²) in [4.78, 5) is 0. The van der Waals surface area contributed by atoms with E-state index >= 15 is 0 Å². The lowest BCUT2D eigenvalue weighted by atomic mass is 10.2. The van der Waals surface area contributed by atoms with E-state index in [1.165, 1.54) is 0 Å². The number of benzene rings is 1. The molecule has 0 saturated carbocycles. The first-order valence-corrected chi connectivity index (χ1v) is 4.30. The molecule has 1 heterocycles. The molecule has 74 valence electrons. The fourth-order valence-corrected chi connectivity index (χ4v) is 1.48. The lowest BCUT2D eigenvalue weighted by molar-refractivity contribution is 0.355. The molecule has 0 fully saturated rings. The molecule has 0 bridgehead atoms. The van der Waals surface area contributed by atoms with E-state index in [2.05, 4.69) is 5.10 Å². The average Bonchev–Trinajstić information content (AvgIpc) is 2.58. The van der Waals surface area contributed by atoms with Gasteiger partial charge in [0.05, 0.1) is 25.9 Å². The summed E-state index contributed by atoms with van der Waals surface area (Å²) in [6, 6.07) is 3.84. The first-order chi connectivity index (χ1) is 6.76. The summed E-state index contributed by atoms with van der Waals surface area (Å²) >= 11 is 0. The molecule has 0 N–H and O–H groups in total. The third-order valence-corrected chi connectivity index (χ3v) is 2.25. The number of hydrogen-bond acceptors (Lipinski definition) is 3. The fraction of sp³-hybridized carbons (Fsp3) is 0.300. The minimum absolute atomic E-state index is 0.726. The number of ether oxygens (including phenoxy) is 2. The van der Waals surface area contributed by atoms with Crippen LogP contribution in [0.1, 0.15) is 0 Å². The molecule has 0 aliphatic heterocycles. The van der Waals surface area contributed by atoms with Crippen molar-refractivity contribution in [3.8, 4) is 11.5 Å². The number of hydrogen-bond donors (Lipinski definition) is 0. The Morgan fingerprint density at radius 1 is 1.14 bits per heavy atom. The van der Waals surface area contributed by atoms with Crippen LogP contribution in [0.15, 0.2) is 18.3 Å². The van der Waals surface area contributed by atoms with Crippen LogP contribution < -0.4 is 9.47 Å². The van der Waals surface area contributed by atoms with Gasteiger partial charge >= 0.3 is 0 Å². The molecule has 4 nitrogen and oxygen atoms in total. The molecule has 0 atom stereocenters. The van der Waals surface area contributed by atoms with Gasteiger partial charge in [-0.05, 0) is 6.07 Å².